The number of amides is 2. The van der Waals surface area contributed by atoms with E-state index in [2.05, 4.69) is 10.9 Å². The van der Waals surface area contributed by atoms with E-state index >= 15 is 0 Å². The second kappa shape index (κ2) is 10.4. The number of non-ortho nitro benzene ring substituents is 1. The molecule has 0 aromatic heterocycles. The van der Waals surface area contributed by atoms with Crippen molar-refractivity contribution < 1.29 is 28.8 Å². The molecular formula is C19H19N3O7. The van der Waals surface area contributed by atoms with Crippen molar-refractivity contribution in [1.29, 1.82) is 0 Å². The molecule has 10 heteroatoms. The van der Waals surface area contributed by atoms with Crippen molar-refractivity contribution in [3.63, 3.8) is 0 Å². The molecule has 2 amide bonds. The van der Waals surface area contributed by atoms with Gasteiger partial charge in [0.25, 0.3) is 17.5 Å². The van der Waals surface area contributed by atoms with Crippen LogP contribution in [0.15, 0.2) is 48.5 Å². The van der Waals surface area contributed by atoms with Crippen LogP contribution in [0.1, 0.15) is 22.3 Å². The first-order valence-electron chi connectivity index (χ1n) is 8.52. The summed E-state index contributed by atoms with van der Waals surface area (Å²) in [7, 11) is 1.53. The number of esters is 1. The number of rotatable bonds is 8. The average Bonchev–Trinajstić information content (AvgIpc) is 2.74. The SMILES string of the molecule is COc1ccccc1CCC(=O)OCC(=O)NNC(=O)c1ccc([N+](=O)[O-])cc1. The zero-order chi connectivity index (χ0) is 21.2. The van der Waals surface area contributed by atoms with Crippen molar-refractivity contribution in [1.82, 2.24) is 10.9 Å². The van der Waals surface area contributed by atoms with E-state index in [0.29, 0.717) is 12.2 Å². The van der Waals surface area contributed by atoms with E-state index in [1.807, 2.05) is 18.2 Å². The zero-order valence-electron chi connectivity index (χ0n) is 15.5. The van der Waals surface area contributed by atoms with Gasteiger partial charge in [-0.2, -0.15) is 0 Å². The smallest absolute Gasteiger partial charge is 0.306 e. The summed E-state index contributed by atoms with van der Waals surface area (Å²) in [4.78, 5) is 45.3. The summed E-state index contributed by atoms with van der Waals surface area (Å²) in [5.41, 5.74) is 5.02. The number of nitro benzene ring substituents is 1. The molecule has 0 atom stereocenters. The summed E-state index contributed by atoms with van der Waals surface area (Å²) in [5, 5.41) is 10.6. The highest BCUT2D eigenvalue weighted by Gasteiger charge is 2.12. The maximum atomic E-state index is 11.9. The van der Waals surface area contributed by atoms with Gasteiger partial charge in [-0.05, 0) is 30.2 Å². The molecular weight excluding hydrogens is 382 g/mol. The van der Waals surface area contributed by atoms with Crippen molar-refractivity contribution in [3.05, 3.63) is 69.8 Å². The number of nitrogens with one attached hydrogen (secondary N) is 2. The Kier molecular flexibility index (Phi) is 7.66. The third-order valence-corrected chi connectivity index (χ3v) is 3.81. The molecule has 0 heterocycles. The summed E-state index contributed by atoms with van der Waals surface area (Å²) < 4.78 is 10.1. The maximum absolute atomic E-state index is 11.9. The van der Waals surface area contributed by atoms with Gasteiger partial charge in [-0.25, -0.2) is 0 Å². The van der Waals surface area contributed by atoms with E-state index in [1.165, 1.54) is 31.4 Å². The van der Waals surface area contributed by atoms with Crippen LogP contribution >= 0.6 is 0 Å². The van der Waals surface area contributed by atoms with Gasteiger partial charge in [-0.1, -0.05) is 18.2 Å². The van der Waals surface area contributed by atoms with Gasteiger partial charge in [-0.3, -0.25) is 35.3 Å². The molecule has 0 unspecified atom stereocenters. The van der Waals surface area contributed by atoms with Gasteiger partial charge in [-0.15, -0.1) is 0 Å². The largest absolute Gasteiger partial charge is 0.496 e. The number of benzene rings is 2. The Labute approximate surface area is 165 Å². The molecule has 0 aliphatic heterocycles. The van der Waals surface area contributed by atoms with Crippen LogP contribution in [0.25, 0.3) is 0 Å². The van der Waals surface area contributed by atoms with Crippen LogP contribution in [0.3, 0.4) is 0 Å². The van der Waals surface area contributed by atoms with E-state index < -0.39 is 29.3 Å². The molecule has 0 radical (unpaired) electrons. The molecule has 2 rings (SSSR count). The first kappa shape index (κ1) is 21.4. The number of hydrogen-bond donors (Lipinski definition) is 2. The first-order valence-corrected chi connectivity index (χ1v) is 8.52. The fraction of sp³-hybridized carbons (Fsp3) is 0.211. The second-order valence-electron chi connectivity index (χ2n) is 5.78. The fourth-order valence-electron chi connectivity index (χ4n) is 2.33. The number of carbonyl (C=O) groups excluding carboxylic acids is 3. The molecule has 29 heavy (non-hydrogen) atoms. The molecule has 152 valence electrons. The van der Waals surface area contributed by atoms with Crippen LogP contribution in [0, 0.1) is 10.1 Å². The van der Waals surface area contributed by atoms with Gasteiger partial charge < -0.3 is 9.47 Å². The lowest BCUT2D eigenvalue weighted by Crippen LogP contribution is -2.43. The number of ether oxygens (including phenoxy) is 2. The Bertz CT molecular complexity index is 897. The second-order valence-corrected chi connectivity index (χ2v) is 5.78. The van der Waals surface area contributed by atoms with Crippen molar-refractivity contribution in [2.75, 3.05) is 13.7 Å². The Morgan fingerprint density at radius 1 is 1.03 bits per heavy atom. The molecule has 0 saturated heterocycles. The monoisotopic (exact) mass is 401 g/mol. The first-order chi connectivity index (χ1) is 13.9. The molecule has 2 aromatic rings. The normalized spacial score (nSPS) is 9.97. The highest BCUT2D eigenvalue weighted by molar-refractivity contribution is 5.95. The van der Waals surface area contributed by atoms with Crippen LogP contribution < -0.4 is 15.6 Å². The molecule has 0 bridgehead atoms. The van der Waals surface area contributed by atoms with Gasteiger partial charge in [0, 0.05) is 24.1 Å². The van der Waals surface area contributed by atoms with Gasteiger partial charge >= 0.3 is 5.97 Å². The van der Waals surface area contributed by atoms with Crippen molar-refractivity contribution >= 4 is 23.5 Å². The predicted octanol–water partition coefficient (Wildman–Crippen LogP) is 1.54. The lowest BCUT2D eigenvalue weighted by Gasteiger charge is -2.09. The zero-order valence-corrected chi connectivity index (χ0v) is 15.5. The number of carbonyl (C=O) groups is 3. The van der Waals surface area contributed by atoms with Crippen LogP contribution in [0.4, 0.5) is 5.69 Å². The summed E-state index contributed by atoms with van der Waals surface area (Å²) in [6, 6.07) is 12.1. The molecule has 10 nitrogen and oxygen atoms in total. The summed E-state index contributed by atoms with van der Waals surface area (Å²) in [6.45, 7) is -0.564. The van der Waals surface area contributed by atoms with Crippen LogP contribution in [-0.2, 0) is 20.7 Å². The number of hydrazine groups is 1. The highest BCUT2D eigenvalue weighted by Crippen LogP contribution is 2.18. The van der Waals surface area contributed by atoms with E-state index in [0.717, 1.165) is 5.56 Å². The predicted molar refractivity (Wildman–Crippen MR) is 101 cm³/mol. The fourth-order valence-corrected chi connectivity index (χ4v) is 2.33. The Morgan fingerprint density at radius 2 is 1.72 bits per heavy atom. The third kappa shape index (κ3) is 6.61. The van der Waals surface area contributed by atoms with E-state index in [9.17, 15) is 24.5 Å². The maximum Gasteiger partial charge on any atom is 0.306 e. The van der Waals surface area contributed by atoms with Crippen molar-refractivity contribution in [2.45, 2.75) is 12.8 Å². The minimum absolute atomic E-state index is 0.0583. The van der Waals surface area contributed by atoms with Crippen LogP contribution in [-0.4, -0.2) is 36.4 Å². The van der Waals surface area contributed by atoms with Crippen molar-refractivity contribution in [3.8, 4) is 5.75 Å². The van der Waals surface area contributed by atoms with E-state index in [1.54, 1.807) is 6.07 Å². The standard InChI is InChI=1S/C19H19N3O7/c1-28-16-5-3-2-4-13(16)8-11-18(24)29-12-17(23)20-21-19(25)14-6-9-15(10-7-14)22(26)27/h2-7,9-10H,8,11-12H2,1H3,(H,20,23)(H,21,25). The van der Waals surface area contributed by atoms with Crippen LogP contribution in [0.5, 0.6) is 5.75 Å². The average molecular weight is 401 g/mol. The molecule has 0 spiro atoms. The number of hydrogen-bond acceptors (Lipinski definition) is 7. The third-order valence-electron chi connectivity index (χ3n) is 3.81. The van der Waals surface area contributed by atoms with E-state index in [4.69, 9.17) is 9.47 Å². The molecule has 0 aliphatic rings. The quantitative estimate of drug-likeness (QED) is 0.389. The van der Waals surface area contributed by atoms with Crippen LogP contribution in [0.2, 0.25) is 0 Å². The van der Waals surface area contributed by atoms with Crippen molar-refractivity contribution in [2.24, 2.45) is 0 Å². The number of aryl methyl sites for hydroxylation is 1. The Hall–Kier alpha value is -3.95. The Morgan fingerprint density at radius 3 is 2.38 bits per heavy atom. The molecule has 2 N–H and O–H groups in total. The lowest BCUT2D eigenvalue weighted by molar-refractivity contribution is -0.384. The number of nitrogens with zero attached hydrogens (tertiary/aromatic N) is 1. The number of para-hydroxylation sites is 1. The van der Waals surface area contributed by atoms with Gasteiger partial charge in [0.1, 0.15) is 5.75 Å². The molecule has 2 aromatic carbocycles. The minimum atomic E-state index is -0.731. The lowest BCUT2D eigenvalue weighted by atomic mass is 10.1. The highest BCUT2D eigenvalue weighted by atomic mass is 16.6. The van der Waals surface area contributed by atoms with Gasteiger partial charge in [0.05, 0.1) is 12.0 Å². The summed E-state index contributed by atoms with van der Waals surface area (Å²) >= 11 is 0. The summed E-state index contributed by atoms with van der Waals surface area (Å²) in [5.74, 6) is -1.32. The summed E-state index contributed by atoms with van der Waals surface area (Å²) in [6.07, 6.45) is 0.449. The van der Waals surface area contributed by atoms with Gasteiger partial charge in [0.15, 0.2) is 6.61 Å². The Balaban J connectivity index is 1.71. The molecule has 0 fully saturated rings. The topological polar surface area (TPSA) is 137 Å². The van der Waals surface area contributed by atoms with E-state index in [-0.39, 0.29) is 17.7 Å². The number of methoxy groups -OCH3 is 1. The minimum Gasteiger partial charge on any atom is -0.496 e. The van der Waals surface area contributed by atoms with Gasteiger partial charge in [0.2, 0.25) is 0 Å². The molecule has 0 saturated carbocycles. The number of nitro groups is 1. The molecule has 0 aliphatic carbocycles.